The fraction of sp³-hybridized carbons (Fsp3) is 0.458. The van der Waals surface area contributed by atoms with E-state index in [1.165, 1.54) is 36.0 Å². The van der Waals surface area contributed by atoms with Crippen LogP contribution in [0.4, 0.5) is 0 Å². The summed E-state index contributed by atoms with van der Waals surface area (Å²) >= 11 is 0. The Morgan fingerprint density at radius 3 is 2.39 bits per heavy atom. The Balaban J connectivity index is 1.73. The molecule has 1 N–H and O–H groups in total. The summed E-state index contributed by atoms with van der Waals surface area (Å²) < 4.78 is 10.7. The minimum atomic E-state index is 0.0277. The van der Waals surface area contributed by atoms with Gasteiger partial charge >= 0.3 is 0 Å². The minimum Gasteiger partial charge on any atom is -0.493 e. The van der Waals surface area contributed by atoms with Gasteiger partial charge in [0, 0.05) is 0 Å². The first-order valence-corrected chi connectivity index (χ1v) is 10.2. The number of hydrogen-bond acceptors (Lipinski definition) is 3. The van der Waals surface area contributed by atoms with Crippen molar-refractivity contribution < 1.29 is 14.3 Å². The Kier molecular flexibility index (Phi) is 6.61. The van der Waals surface area contributed by atoms with E-state index in [9.17, 15) is 4.79 Å². The predicted octanol–water partition coefficient (Wildman–Crippen LogP) is 4.70. The second kappa shape index (κ2) is 9.13. The molecule has 2 aromatic carbocycles. The van der Waals surface area contributed by atoms with Gasteiger partial charge in [-0.25, -0.2) is 0 Å². The van der Waals surface area contributed by atoms with Crippen molar-refractivity contribution in [1.29, 1.82) is 0 Å². The number of carbonyl (C=O) groups is 1. The third-order valence-corrected chi connectivity index (χ3v) is 5.71. The van der Waals surface area contributed by atoms with Gasteiger partial charge in [0.15, 0.2) is 11.5 Å². The number of ether oxygens (including phenoxy) is 2. The maximum absolute atomic E-state index is 12.8. The highest BCUT2D eigenvalue weighted by Crippen LogP contribution is 2.31. The highest BCUT2D eigenvalue weighted by atomic mass is 16.5. The third-order valence-electron chi connectivity index (χ3n) is 5.71. The van der Waals surface area contributed by atoms with Gasteiger partial charge in [0.2, 0.25) is 5.91 Å². The van der Waals surface area contributed by atoms with Gasteiger partial charge in [-0.2, -0.15) is 0 Å². The van der Waals surface area contributed by atoms with Crippen LogP contribution < -0.4 is 14.8 Å². The SMILES string of the molecule is CCC(NC(=O)Cc1cc(OC)c(OC)cc1C)c1ccc2c(c1)CCCC2. The summed E-state index contributed by atoms with van der Waals surface area (Å²) in [6.07, 6.45) is 6.07. The molecule has 0 radical (unpaired) electrons. The van der Waals surface area contributed by atoms with Gasteiger partial charge in [-0.15, -0.1) is 0 Å². The minimum absolute atomic E-state index is 0.0277. The second-order valence-corrected chi connectivity index (χ2v) is 7.57. The average Bonchev–Trinajstić information content (AvgIpc) is 2.72. The number of aryl methyl sites for hydroxylation is 3. The van der Waals surface area contributed by atoms with Crippen LogP contribution >= 0.6 is 0 Å². The Bertz CT molecular complexity index is 844. The van der Waals surface area contributed by atoms with Gasteiger partial charge in [0.1, 0.15) is 0 Å². The maximum atomic E-state index is 12.8. The van der Waals surface area contributed by atoms with E-state index in [4.69, 9.17) is 9.47 Å². The van der Waals surface area contributed by atoms with Crippen LogP contribution in [0.1, 0.15) is 60.0 Å². The van der Waals surface area contributed by atoms with Gasteiger partial charge in [-0.05, 0) is 79.0 Å². The number of methoxy groups -OCH3 is 2. The average molecular weight is 382 g/mol. The van der Waals surface area contributed by atoms with Crippen molar-refractivity contribution in [2.75, 3.05) is 14.2 Å². The smallest absolute Gasteiger partial charge is 0.224 e. The molecular formula is C24H31NO3. The Morgan fingerprint density at radius 1 is 1.04 bits per heavy atom. The van der Waals surface area contributed by atoms with E-state index in [-0.39, 0.29) is 11.9 Å². The number of rotatable bonds is 7. The molecule has 1 atom stereocenters. The number of benzene rings is 2. The standard InChI is InChI=1S/C24H31NO3/c1-5-21(19-11-10-17-8-6-7-9-18(17)13-19)25-24(26)15-20-14-23(28-4)22(27-3)12-16(20)2/h10-14,21H,5-9,15H2,1-4H3,(H,25,26). The summed E-state index contributed by atoms with van der Waals surface area (Å²) in [5.41, 5.74) is 6.11. The van der Waals surface area contributed by atoms with Crippen molar-refractivity contribution >= 4 is 5.91 Å². The molecule has 28 heavy (non-hydrogen) atoms. The quantitative estimate of drug-likeness (QED) is 0.756. The molecule has 0 heterocycles. The topological polar surface area (TPSA) is 47.6 Å². The Morgan fingerprint density at radius 2 is 1.71 bits per heavy atom. The van der Waals surface area contributed by atoms with Crippen molar-refractivity contribution in [2.45, 2.75) is 58.4 Å². The van der Waals surface area contributed by atoms with Crippen LogP contribution in [-0.4, -0.2) is 20.1 Å². The highest BCUT2D eigenvalue weighted by Gasteiger charge is 2.18. The van der Waals surface area contributed by atoms with Crippen molar-refractivity contribution in [1.82, 2.24) is 5.32 Å². The normalized spacial score (nSPS) is 14.1. The number of hydrogen-bond donors (Lipinski definition) is 1. The zero-order valence-corrected chi connectivity index (χ0v) is 17.4. The van der Waals surface area contributed by atoms with Crippen LogP contribution in [-0.2, 0) is 24.1 Å². The van der Waals surface area contributed by atoms with Gasteiger partial charge in [0.05, 0.1) is 26.7 Å². The fourth-order valence-corrected chi connectivity index (χ4v) is 4.02. The second-order valence-electron chi connectivity index (χ2n) is 7.57. The molecule has 1 unspecified atom stereocenters. The largest absolute Gasteiger partial charge is 0.493 e. The van der Waals surface area contributed by atoms with Gasteiger partial charge in [-0.1, -0.05) is 25.1 Å². The van der Waals surface area contributed by atoms with Crippen LogP contribution in [0.25, 0.3) is 0 Å². The molecule has 0 aromatic heterocycles. The molecule has 4 nitrogen and oxygen atoms in total. The zero-order valence-electron chi connectivity index (χ0n) is 17.4. The molecule has 2 aromatic rings. The monoisotopic (exact) mass is 381 g/mol. The van der Waals surface area contributed by atoms with E-state index in [1.807, 2.05) is 19.1 Å². The molecule has 3 rings (SSSR count). The molecule has 0 saturated carbocycles. The first kappa shape index (κ1) is 20.2. The first-order valence-electron chi connectivity index (χ1n) is 10.2. The van der Waals surface area contributed by atoms with Gasteiger partial charge < -0.3 is 14.8 Å². The van der Waals surface area contributed by atoms with Gasteiger partial charge in [0.25, 0.3) is 0 Å². The molecule has 0 saturated heterocycles. The van der Waals surface area contributed by atoms with E-state index in [0.717, 1.165) is 24.0 Å². The van der Waals surface area contributed by atoms with Crippen LogP contribution in [0.3, 0.4) is 0 Å². The lowest BCUT2D eigenvalue weighted by molar-refractivity contribution is -0.121. The predicted molar refractivity (Wildman–Crippen MR) is 112 cm³/mol. The molecule has 1 aliphatic carbocycles. The molecular weight excluding hydrogens is 350 g/mol. The molecule has 4 heteroatoms. The summed E-state index contributed by atoms with van der Waals surface area (Å²) in [5.74, 6) is 1.36. The Hall–Kier alpha value is -2.49. The lowest BCUT2D eigenvalue weighted by Crippen LogP contribution is -2.30. The molecule has 1 aliphatic rings. The van der Waals surface area contributed by atoms with Crippen molar-refractivity contribution in [3.05, 3.63) is 58.1 Å². The highest BCUT2D eigenvalue weighted by molar-refractivity contribution is 5.79. The summed E-state index contributed by atoms with van der Waals surface area (Å²) in [5, 5.41) is 3.22. The molecule has 150 valence electrons. The number of carbonyl (C=O) groups excluding carboxylic acids is 1. The van der Waals surface area contributed by atoms with Crippen LogP contribution in [0.2, 0.25) is 0 Å². The number of nitrogens with one attached hydrogen (secondary N) is 1. The lowest BCUT2D eigenvalue weighted by Gasteiger charge is -2.22. The van der Waals surface area contributed by atoms with E-state index < -0.39 is 0 Å². The van der Waals surface area contributed by atoms with Crippen LogP contribution in [0, 0.1) is 6.92 Å². The Labute approximate surface area is 168 Å². The van der Waals surface area contributed by atoms with E-state index in [1.54, 1.807) is 14.2 Å². The van der Waals surface area contributed by atoms with Crippen molar-refractivity contribution in [3.63, 3.8) is 0 Å². The molecule has 0 fully saturated rings. The molecule has 0 bridgehead atoms. The van der Waals surface area contributed by atoms with Gasteiger partial charge in [-0.3, -0.25) is 4.79 Å². The number of fused-ring (bicyclic) bond motifs is 1. The van der Waals surface area contributed by atoms with E-state index >= 15 is 0 Å². The first-order chi connectivity index (χ1) is 13.5. The number of amides is 1. The third kappa shape index (κ3) is 4.49. The van der Waals surface area contributed by atoms with Crippen LogP contribution in [0.15, 0.2) is 30.3 Å². The van der Waals surface area contributed by atoms with E-state index in [2.05, 4.69) is 30.4 Å². The summed E-state index contributed by atoms with van der Waals surface area (Å²) in [6, 6.07) is 10.6. The summed E-state index contributed by atoms with van der Waals surface area (Å²) in [4.78, 5) is 12.8. The maximum Gasteiger partial charge on any atom is 0.224 e. The molecule has 1 amide bonds. The fourth-order valence-electron chi connectivity index (χ4n) is 4.02. The zero-order chi connectivity index (χ0) is 20.1. The summed E-state index contributed by atoms with van der Waals surface area (Å²) in [6.45, 7) is 4.11. The lowest BCUT2D eigenvalue weighted by atomic mass is 9.88. The molecule has 0 aliphatic heterocycles. The summed E-state index contributed by atoms with van der Waals surface area (Å²) in [7, 11) is 3.23. The van der Waals surface area contributed by atoms with Crippen LogP contribution in [0.5, 0.6) is 11.5 Å². The van der Waals surface area contributed by atoms with Crippen molar-refractivity contribution in [3.8, 4) is 11.5 Å². The van der Waals surface area contributed by atoms with E-state index in [0.29, 0.717) is 17.9 Å². The molecule has 0 spiro atoms. The van der Waals surface area contributed by atoms with Crippen molar-refractivity contribution in [2.24, 2.45) is 0 Å².